The first-order chi connectivity index (χ1) is 12.8. The molecular formula is C18H18F2N4OS2. The minimum absolute atomic E-state index is 0.0314. The van der Waals surface area contributed by atoms with Gasteiger partial charge in [-0.1, -0.05) is 25.6 Å². The molecule has 0 aliphatic heterocycles. The molecule has 142 valence electrons. The van der Waals surface area contributed by atoms with E-state index in [0.29, 0.717) is 11.1 Å². The van der Waals surface area contributed by atoms with Crippen LogP contribution in [-0.4, -0.2) is 26.4 Å². The second-order valence-corrected chi connectivity index (χ2v) is 8.10. The van der Waals surface area contributed by atoms with Gasteiger partial charge >= 0.3 is 0 Å². The van der Waals surface area contributed by atoms with Gasteiger partial charge in [0.05, 0.1) is 11.4 Å². The molecule has 0 atom stereocenters. The third-order valence-corrected chi connectivity index (χ3v) is 6.07. The van der Waals surface area contributed by atoms with Crippen LogP contribution in [0.25, 0.3) is 11.4 Å². The molecule has 1 N–H and O–H groups in total. The number of hydrogen-bond donors (Lipinski definition) is 1. The molecule has 0 saturated heterocycles. The first-order valence-corrected chi connectivity index (χ1v) is 10.1. The number of nitrogens with zero attached hydrogens (tertiary/aromatic N) is 3. The average Bonchev–Trinajstić information content (AvgIpc) is 3.22. The quantitative estimate of drug-likeness (QED) is 0.602. The van der Waals surface area contributed by atoms with Crippen molar-refractivity contribution in [3.8, 4) is 11.4 Å². The maximum Gasteiger partial charge on any atom is 0.234 e. The first-order valence-electron chi connectivity index (χ1n) is 8.21. The molecule has 9 heteroatoms. The summed E-state index contributed by atoms with van der Waals surface area (Å²) in [6.07, 6.45) is 0. The molecule has 0 unspecified atom stereocenters. The van der Waals surface area contributed by atoms with Crippen molar-refractivity contribution in [2.75, 3.05) is 11.1 Å². The number of carbonyl (C=O) groups excluding carboxylic acids is 1. The first kappa shape index (κ1) is 19.5. The Labute approximate surface area is 163 Å². The van der Waals surface area contributed by atoms with Gasteiger partial charge in [0.2, 0.25) is 5.91 Å². The SMILES string of the molecule is CC(C)c1cc(-c2nnc(SCC(=O)Nc3ccc(F)cc3F)n2C)cs1. The van der Waals surface area contributed by atoms with Crippen LogP contribution in [0.15, 0.2) is 34.8 Å². The molecular weight excluding hydrogens is 390 g/mol. The van der Waals surface area contributed by atoms with Gasteiger partial charge in [-0.05, 0) is 24.1 Å². The van der Waals surface area contributed by atoms with Crippen LogP contribution >= 0.6 is 23.1 Å². The van der Waals surface area contributed by atoms with Crippen molar-refractivity contribution < 1.29 is 13.6 Å². The summed E-state index contributed by atoms with van der Waals surface area (Å²) in [6, 6.07) is 5.10. The number of aromatic nitrogens is 3. The predicted molar refractivity (Wildman–Crippen MR) is 104 cm³/mol. The Kier molecular flexibility index (Phi) is 5.91. The van der Waals surface area contributed by atoms with Crippen LogP contribution in [0.3, 0.4) is 0 Å². The van der Waals surface area contributed by atoms with Gasteiger partial charge in [-0.15, -0.1) is 21.5 Å². The van der Waals surface area contributed by atoms with Gasteiger partial charge in [0, 0.05) is 28.9 Å². The number of benzene rings is 1. The number of rotatable bonds is 6. The molecule has 0 spiro atoms. The van der Waals surface area contributed by atoms with E-state index in [1.165, 1.54) is 22.7 Å². The number of nitrogens with one attached hydrogen (secondary N) is 1. The van der Waals surface area contributed by atoms with Gasteiger partial charge < -0.3 is 9.88 Å². The third-order valence-electron chi connectivity index (χ3n) is 3.82. The number of thiophene rings is 1. The van der Waals surface area contributed by atoms with Crippen molar-refractivity contribution in [3.63, 3.8) is 0 Å². The topological polar surface area (TPSA) is 59.8 Å². The molecule has 3 rings (SSSR count). The summed E-state index contributed by atoms with van der Waals surface area (Å²) in [6.45, 7) is 4.27. The summed E-state index contributed by atoms with van der Waals surface area (Å²) >= 11 is 2.87. The summed E-state index contributed by atoms with van der Waals surface area (Å²) in [5.41, 5.74) is 0.934. The Morgan fingerprint density at radius 1 is 1.30 bits per heavy atom. The van der Waals surface area contributed by atoms with Crippen LogP contribution in [0.4, 0.5) is 14.5 Å². The number of carbonyl (C=O) groups is 1. The number of amides is 1. The highest BCUT2D eigenvalue weighted by Crippen LogP contribution is 2.30. The Morgan fingerprint density at radius 2 is 2.07 bits per heavy atom. The molecule has 27 heavy (non-hydrogen) atoms. The fourth-order valence-electron chi connectivity index (χ4n) is 2.37. The largest absolute Gasteiger partial charge is 0.323 e. The van der Waals surface area contributed by atoms with E-state index in [9.17, 15) is 13.6 Å². The number of hydrogen-bond acceptors (Lipinski definition) is 5. The second-order valence-electron chi connectivity index (χ2n) is 6.22. The van der Waals surface area contributed by atoms with E-state index in [-0.39, 0.29) is 11.4 Å². The Morgan fingerprint density at radius 3 is 2.74 bits per heavy atom. The van der Waals surface area contributed by atoms with E-state index in [4.69, 9.17) is 0 Å². The summed E-state index contributed by atoms with van der Waals surface area (Å²) in [5.74, 6) is -0.711. The van der Waals surface area contributed by atoms with E-state index in [2.05, 4.69) is 35.4 Å². The molecule has 1 aromatic carbocycles. The van der Waals surface area contributed by atoms with Crippen LogP contribution in [-0.2, 0) is 11.8 Å². The fourth-order valence-corrected chi connectivity index (χ4v) is 3.99. The number of halogens is 2. The van der Waals surface area contributed by atoms with Gasteiger partial charge in [0.25, 0.3) is 0 Å². The van der Waals surface area contributed by atoms with Gasteiger partial charge in [-0.2, -0.15) is 0 Å². The van der Waals surface area contributed by atoms with Crippen molar-refractivity contribution in [3.05, 3.63) is 46.2 Å². The summed E-state index contributed by atoms with van der Waals surface area (Å²) in [5, 5.41) is 13.4. The lowest BCUT2D eigenvalue weighted by molar-refractivity contribution is -0.113. The molecule has 0 fully saturated rings. The maximum atomic E-state index is 13.6. The lowest BCUT2D eigenvalue weighted by Gasteiger charge is -2.06. The Bertz CT molecular complexity index is 968. The molecule has 0 saturated carbocycles. The van der Waals surface area contributed by atoms with E-state index < -0.39 is 17.5 Å². The molecule has 5 nitrogen and oxygen atoms in total. The molecule has 0 bridgehead atoms. The van der Waals surface area contributed by atoms with Gasteiger partial charge in [0.1, 0.15) is 11.6 Å². The van der Waals surface area contributed by atoms with Crippen LogP contribution in [0.5, 0.6) is 0 Å². The minimum atomic E-state index is -0.812. The minimum Gasteiger partial charge on any atom is -0.323 e. The molecule has 3 aromatic rings. The smallest absolute Gasteiger partial charge is 0.234 e. The average molecular weight is 408 g/mol. The van der Waals surface area contributed by atoms with Crippen molar-refractivity contribution in [2.45, 2.75) is 24.9 Å². The fraction of sp³-hybridized carbons (Fsp3) is 0.278. The van der Waals surface area contributed by atoms with Crippen molar-refractivity contribution in [1.82, 2.24) is 14.8 Å². The summed E-state index contributed by atoms with van der Waals surface area (Å²) in [4.78, 5) is 13.3. The molecule has 1 amide bonds. The number of anilines is 1. The molecule has 0 aliphatic carbocycles. The Hall–Kier alpha value is -2.26. The van der Waals surface area contributed by atoms with E-state index in [1.807, 2.05) is 17.0 Å². The van der Waals surface area contributed by atoms with Crippen molar-refractivity contribution >= 4 is 34.7 Å². The summed E-state index contributed by atoms with van der Waals surface area (Å²) in [7, 11) is 1.84. The van der Waals surface area contributed by atoms with Crippen molar-refractivity contribution in [2.24, 2.45) is 7.05 Å². The second kappa shape index (κ2) is 8.18. The highest BCUT2D eigenvalue weighted by Gasteiger charge is 2.15. The van der Waals surface area contributed by atoms with E-state index in [0.717, 1.165) is 23.5 Å². The Balaban J connectivity index is 1.64. The zero-order valence-electron chi connectivity index (χ0n) is 15.0. The molecule has 2 aromatic heterocycles. The zero-order valence-corrected chi connectivity index (χ0v) is 16.6. The predicted octanol–water partition coefficient (Wildman–Crippen LogP) is 4.68. The highest BCUT2D eigenvalue weighted by atomic mass is 32.2. The normalized spacial score (nSPS) is 11.2. The van der Waals surface area contributed by atoms with Gasteiger partial charge in [0.15, 0.2) is 11.0 Å². The van der Waals surface area contributed by atoms with Gasteiger partial charge in [-0.3, -0.25) is 4.79 Å². The van der Waals surface area contributed by atoms with Crippen molar-refractivity contribution in [1.29, 1.82) is 0 Å². The van der Waals surface area contributed by atoms with E-state index in [1.54, 1.807) is 11.3 Å². The van der Waals surface area contributed by atoms with E-state index >= 15 is 0 Å². The highest BCUT2D eigenvalue weighted by molar-refractivity contribution is 7.99. The van der Waals surface area contributed by atoms with Crippen LogP contribution in [0, 0.1) is 11.6 Å². The third kappa shape index (κ3) is 4.54. The van der Waals surface area contributed by atoms with Crippen LogP contribution in [0.1, 0.15) is 24.6 Å². The van der Waals surface area contributed by atoms with Crippen LogP contribution in [0.2, 0.25) is 0 Å². The number of thioether (sulfide) groups is 1. The standard InChI is InChI=1S/C18H18F2N4OS2/c1-10(2)15-6-11(8-26-15)17-22-23-18(24(17)3)27-9-16(25)21-14-5-4-12(19)7-13(14)20/h4-8,10H,9H2,1-3H3,(H,21,25). The lowest BCUT2D eigenvalue weighted by Crippen LogP contribution is -2.15. The molecule has 0 radical (unpaired) electrons. The van der Waals surface area contributed by atoms with Crippen LogP contribution < -0.4 is 5.32 Å². The molecule has 0 aliphatic rings. The zero-order chi connectivity index (χ0) is 19.6. The summed E-state index contributed by atoms with van der Waals surface area (Å²) < 4.78 is 28.3. The lowest BCUT2D eigenvalue weighted by atomic mass is 10.1. The van der Waals surface area contributed by atoms with Gasteiger partial charge in [-0.25, -0.2) is 8.78 Å². The monoisotopic (exact) mass is 408 g/mol. The molecule has 2 heterocycles. The maximum absolute atomic E-state index is 13.6.